The fourth-order valence-electron chi connectivity index (χ4n) is 7.61. The molecule has 0 radical (unpaired) electrons. The van der Waals surface area contributed by atoms with Crippen LogP contribution in [0.5, 0.6) is 0 Å². The SMILES string of the molecule is Ic1ccccc1.O=[N+]([O-])c1ccc(Br)cc1-c1ccc2c(c1)CC(c1ccccc1)=C2.O=[N+]([O-])c1ccc(Br)cc1-c1ccc2cc(-c3ccccc3)n(-c3ccccc3)c2c1. The average Bonchev–Trinajstić information content (AvgIpc) is 3.92. The van der Waals surface area contributed by atoms with Crippen molar-refractivity contribution in [1.29, 1.82) is 0 Å². The molecule has 1 aromatic heterocycles. The third kappa shape index (κ3) is 10.1. The Kier molecular flexibility index (Phi) is 13.5. The van der Waals surface area contributed by atoms with Gasteiger partial charge in [-0.2, -0.15) is 0 Å². The zero-order valence-corrected chi connectivity index (χ0v) is 38.8. The highest BCUT2D eigenvalue weighted by Gasteiger charge is 2.21. The first-order valence-corrected chi connectivity index (χ1v) is 22.5. The zero-order chi connectivity index (χ0) is 43.9. The van der Waals surface area contributed by atoms with Crippen LogP contribution in [0.2, 0.25) is 0 Å². The molecule has 308 valence electrons. The fourth-order valence-corrected chi connectivity index (χ4v) is 8.74. The molecule has 0 atom stereocenters. The number of fused-ring (bicyclic) bond motifs is 2. The van der Waals surface area contributed by atoms with Crippen LogP contribution in [0.25, 0.3) is 61.8 Å². The van der Waals surface area contributed by atoms with Gasteiger partial charge >= 0.3 is 0 Å². The van der Waals surface area contributed by atoms with E-state index in [0.717, 1.165) is 54.3 Å². The number of aromatic nitrogens is 1. The van der Waals surface area contributed by atoms with Crippen LogP contribution in [0.1, 0.15) is 16.7 Å². The van der Waals surface area contributed by atoms with Gasteiger partial charge < -0.3 is 4.57 Å². The zero-order valence-electron chi connectivity index (χ0n) is 33.4. The second kappa shape index (κ2) is 19.7. The second-order valence-electron chi connectivity index (χ2n) is 14.6. The van der Waals surface area contributed by atoms with Gasteiger partial charge in [0.15, 0.2) is 0 Å². The highest BCUT2D eigenvalue weighted by molar-refractivity contribution is 14.1. The molecule has 9 aromatic rings. The molecule has 8 aromatic carbocycles. The Morgan fingerprint density at radius 2 is 1.02 bits per heavy atom. The molecule has 0 saturated carbocycles. The van der Waals surface area contributed by atoms with Gasteiger partial charge in [-0.15, -0.1) is 0 Å². The molecule has 1 aliphatic carbocycles. The summed E-state index contributed by atoms with van der Waals surface area (Å²) in [7, 11) is 0. The molecule has 0 N–H and O–H groups in total. The van der Waals surface area contributed by atoms with E-state index in [1.165, 1.54) is 31.9 Å². The third-order valence-corrected chi connectivity index (χ3v) is 12.3. The van der Waals surface area contributed by atoms with Gasteiger partial charge in [0, 0.05) is 35.7 Å². The van der Waals surface area contributed by atoms with E-state index >= 15 is 0 Å². The van der Waals surface area contributed by atoms with Crippen LogP contribution in [0, 0.1) is 23.8 Å². The maximum absolute atomic E-state index is 11.6. The van der Waals surface area contributed by atoms with Gasteiger partial charge in [0.1, 0.15) is 0 Å². The fraction of sp³-hybridized carbons (Fsp3) is 0.0189. The smallest absolute Gasteiger partial charge is 0.277 e. The Morgan fingerprint density at radius 3 is 1.56 bits per heavy atom. The molecule has 1 aliphatic rings. The summed E-state index contributed by atoms with van der Waals surface area (Å²) < 4.78 is 5.13. The van der Waals surface area contributed by atoms with Gasteiger partial charge in [-0.3, -0.25) is 20.2 Å². The summed E-state index contributed by atoms with van der Waals surface area (Å²) in [6.45, 7) is 0. The topological polar surface area (TPSA) is 91.2 Å². The van der Waals surface area contributed by atoms with Crippen molar-refractivity contribution >= 4 is 88.4 Å². The minimum Gasteiger partial charge on any atom is -0.309 e. The highest BCUT2D eigenvalue weighted by atomic mass is 127. The monoisotopic (exact) mass is 1060 g/mol. The van der Waals surface area contributed by atoms with Crippen molar-refractivity contribution in [3.63, 3.8) is 0 Å². The number of hydrogen-bond donors (Lipinski definition) is 0. The Labute approximate surface area is 395 Å². The van der Waals surface area contributed by atoms with Gasteiger partial charge in [-0.1, -0.05) is 159 Å². The minimum absolute atomic E-state index is 0.0867. The summed E-state index contributed by atoms with van der Waals surface area (Å²) in [5.41, 5.74) is 12.2. The Balaban J connectivity index is 0.000000152. The Bertz CT molecular complexity index is 3120. The lowest BCUT2D eigenvalue weighted by Gasteiger charge is -2.12. The Hall–Kier alpha value is -6.47. The number of nitrogens with zero attached hydrogens (tertiary/aromatic N) is 3. The van der Waals surface area contributed by atoms with Gasteiger partial charge in [0.25, 0.3) is 11.4 Å². The highest BCUT2D eigenvalue weighted by Crippen LogP contribution is 2.39. The molecule has 0 saturated heterocycles. The summed E-state index contributed by atoms with van der Waals surface area (Å²) in [4.78, 5) is 22.3. The number of hydrogen-bond acceptors (Lipinski definition) is 4. The predicted octanol–water partition coefficient (Wildman–Crippen LogP) is 16.0. The number of rotatable bonds is 7. The molecule has 7 nitrogen and oxygen atoms in total. The molecule has 0 aliphatic heterocycles. The van der Waals surface area contributed by atoms with Crippen LogP contribution in [0.15, 0.2) is 209 Å². The summed E-state index contributed by atoms with van der Waals surface area (Å²) in [6, 6.07) is 65.2. The van der Waals surface area contributed by atoms with E-state index in [9.17, 15) is 20.2 Å². The van der Waals surface area contributed by atoms with Crippen molar-refractivity contribution < 1.29 is 9.85 Å². The van der Waals surface area contributed by atoms with E-state index in [0.29, 0.717) is 11.1 Å². The van der Waals surface area contributed by atoms with Gasteiger partial charge in [0.2, 0.25) is 0 Å². The van der Waals surface area contributed by atoms with Gasteiger partial charge in [-0.05, 0) is 135 Å². The van der Waals surface area contributed by atoms with E-state index in [-0.39, 0.29) is 21.2 Å². The normalized spacial score (nSPS) is 11.4. The van der Waals surface area contributed by atoms with Crippen molar-refractivity contribution in [2.45, 2.75) is 6.42 Å². The molecular formula is C53H36Br2IN3O4. The summed E-state index contributed by atoms with van der Waals surface area (Å²) in [6.07, 6.45) is 3.04. The van der Waals surface area contributed by atoms with E-state index in [1.54, 1.807) is 30.3 Å². The molecule has 0 fully saturated rings. The number of nitro groups is 2. The van der Waals surface area contributed by atoms with Crippen LogP contribution in [-0.2, 0) is 6.42 Å². The standard InChI is InChI=1S/C26H17BrN2O2.C21H14BrNO2.C6H5I/c27-21-13-14-24(29(30)31)23(17-21)19-11-12-20-16-25(18-7-3-1-4-8-18)28(26(20)15-19)22-9-5-2-6-10-22;22-19-8-9-21(23(24)25)20(13-19)16-7-6-15-10-17(12-18(15)11-16)14-4-2-1-3-5-14;7-6-4-2-1-3-5-6/h1-17H;1-11,13H,12H2;1-5H. The largest absolute Gasteiger partial charge is 0.309 e. The minimum atomic E-state index is -0.336. The molecule has 63 heavy (non-hydrogen) atoms. The summed E-state index contributed by atoms with van der Waals surface area (Å²) in [5.74, 6) is 0. The average molecular weight is 1070 g/mol. The molecule has 10 heteroatoms. The van der Waals surface area contributed by atoms with Crippen molar-refractivity contribution in [1.82, 2.24) is 4.57 Å². The Morgan fingerprint density at radius 1 is 0.508 bits per heavy atom. The van der Waals surface area contributed by atoms with Crippen molar-refractivity contribution in [3.8, 4) is 39.2 Å². The molecular weight excluding hydrogens is 1030 g/mol. The van der Waals surface area contributed by atoms with E-state index < -0.39 is 0 Å². The number of para-hydroxylation sites is 1. The van der Waals surface area contributed by atoms with E-state index in [2.05, 4.69) is 126 Å². The van der Waals surface area contributed by atoms with E-state index in [4.69, 9.17) is 0 Å². The lowest BCUT2D eigenvalue weighted by Crippen LogP contribution is -1.97. The lowest BCUT2D eigenvalue weighted by molar-refractivity contribution is -0.384. The van der Waals surface area contributed by atoms with Crippen molar-refractivity contribution in [3.05, 3.63) is 250 Å². The van der Waals surface area contributed by atoms with Gasteiger partial charge in [-0.25, -0.2) is 0 Å². The number of allylic oxidation sites excluding steroid dienone is 1. The molecule has 10 rings (SSSR count). The number of benzene rings is 8. The van der Waals surface area contributed by atoms with Crippen molar-refractivity contribution in [2.24, 2.45) is 0 Å². The maximum atomic E-state index is 11.6. The van der Waals surface area contributed by atoms with Crippen LogP contribution < -0.4 is 0 Å². The first-order chi connectivity index (χ1) is 30.6. The first-order valence-electron chi connectivity index (χ1n) is 19.9. The second-order valence-corrected chi connectivity index (χ2v) is 17.7. The van der Waals surface area contributed by atoms with Crippen LogP contribution in [-0.4, -0.2) is 14.4 Å². The van der Waals surface area contributed by atoms with Crippen LogP contribution >= 0.6 is 54.5 Å². The molecule has 1 heterocycles. The third-order valence-electron chi connectivity index (χ3n) is 10.6. The van der Waals surface area contributed by atoms with Crippen LogP contribution in [0.3, 0.4) is 0 Å². The molecule has 0 bridgehead atoms. The predicted molar refractivity (Wildman–Crippen MR) is 272 cm³/mol. The molecule has 0 amide bonds. The first kappa shape index (κ1) is 43.2. The number of halogens is 3. The molecule has 0 spiro atoms. The lowest BCUT2D eigenvalue weighted by atomic mass is 9.98. The van der Waals surface area contributed by atoms with Gasteiger partial charge in [0.05, 0.1) is 32.2 Å². The van der Waals surface area contributed by atoms with E-state index in [1.807, 2.05) is 103 Å². The summed E-state index contributed by atoms with van der Waals surface area (Å²) >= 11 is 9.14. The quantitative estimate of drug-likeness (QED) is 0.0903. The van der Waals surface area contributed by atoms with Crippen LogP contribution in [0.4, 0.5) is 11.4 Å². The molecule has 0 unspecified atom stereocenters. The summed E-state index contributed by atoms with van der Waals surface area (Å²) in [5, 5.41) is 24.1. The maximum Gasteiger partial charge on any atom is 0.277 e. The number of nitro benzene ring substituents is 2. The van der Waals surface area contributed by atoms with Crippen molar-refractivity contribution in [2.75, 3.05) is 0 Å².